The molecule has 0 aromatic carbocycles. The molecule has 4 saturated carbocycles. The zero-order valence-electron chi connectivity index (χ0n) is 7.79. The van der Waals surface area contributed by atoms with E-state index in [2.05, 4.69) is 0 Å². The third-order valence-corrected chi connectivity index (χ3v) is 3.92. The van der Waals surface area contributed by atoms with Crippen LogP contribution >= 0.6 is 0 Å². The first-order valence-electron chi connectivity index (χ1n) is 5.34. The Morgan fingerprint density at radius 1 is 1.00 bits per heavy atom. The second-order valence-electron chi connectivity index (χ2n) is 4.71. The van der Waals surface area contributed by atoms with E-state index in [-0.39, 0.29) is 12.0 Å². The first-order chi connectivity index (χ1) is 5.66. The van der Waals surface area contributed by atoms with Crippen molar-refractivity contribution in [2.75, 3.05) is 0 Å². The van der Waals surface area contributed by atoms with Gasteiger partial charge in [0.2, 0.25) is 0 Å². The minimum Gasteiger partial charge on any atom is -0.393 e. The molecule has 5 atom stereocenters. The number of aliphatic hydroxyl groups is 1. The molecule has 62 valence electrons. The van der Waals surface area contributed by atoms with Gasteiger partial charge in [-0.2, -0.15) is 0 Å². The van der Waals surface area contributed by atoms with Gasteiger partial charge in [-0.05, 0) is 55.8 Å². The lowest BCUT2D eigenvalue weighted by Gasteiger charge is -2.52. The molecule has 0 saturated heterocycles. The summed E-state index contributed by atoms with van der Waals surface area (Å²) in [5.74, 6) is 1.61. The minimum absolute atomic E-state index is 0.0555. The van der Waals surface area contributed by atoms with Crippen molar-refractivity contribution >= 4 is 0 Å². The van der Waals surface area contributed by atoms with Crippen molar-refractivity contribution in [1.29, 1.82) is 0 Å². The van der Waals surface area contributed by atoms with Crippen LogP contribution in [0.3, 0.4) is 0 Å². The van der Waals surface area contributed by atoms with E-state index >= 15 is 0 Å². The Kier molecular flexibility index (Phi) is 1.02. The second-order valence-corrected chi connectivity index (χ2v) is 4.71. The molecular formula is C10H16O. The summed E-state index contributed by atoms with van der Waals surface area (Å²) in [7, 11) is 0. The van der Waals surface area contributed by atoms with Crippen molar-refractivity contribution in [2.45, 2.75) is 38.2 Å². The normalized spacial score (nSPS) is 68.3. The SMILES string of the molecule is [2H]C12CC3C[C@H](C1)C(O)[C@@H](C3)C2. The average Bonchev–Trinajstić information content (AvgIpc) is 1.96. The van der Waals surface area contributed by atoms with Crippen molar-refractivity contribution < 1.29 is 6.48 Å². The molecule has 4 aliphatic rings. The zero-order chi connectivity index (χ0) is 8.34. The lowest BCUT2D eigenvalue weighted by atomic mass is 9.55. The van der Waals surface area contributed by atoms with E-state index in [1.165, 1.54) is 12.8 Å². The van der Waals surface area contributed by atoms with Crippen molar-refractivity contribution in [3.8, 4) is 0 Å². The Hall–Kier alpha value is -0.0400. The van der Waals surface area contributed by atoms with Crippen LogP contribution in [0.5, 0.6) is 0 Å². The number of hydrogen-bond donors (Lipinski definition) is 1. The van der Waals surface area contributed by atoms with E-state index in [0.717, 1.165) is 25.2 Å². The van der Waals surface area contributed by atoms with Crippen LogP contribution in [0.15, 0.2) is 0 Å². The highest BCUT2D eigenvalue weighted by molar-refractivity contribution is 4.97. The average molecular weight is 153 g/mol. The lowest BCUT2D eigenvalue weighted by molar-refractivity contribution is -0.0919. The molecule has 4 bridgehead atoms. The molecule has 0 heterocycles. The molecule has 4 rings (SSSR count). The third kappa shape index (κ3) is 0.807. The number of hydrogen-bond acceptors (Lipinski definition) is 1. The smallest absolute Gasteiger partial charge is 0.0596 e. The standard InChI is InChI=1S/C10H16O/c11-10-8-2-6-1-7(4-8)5-9(10)3-6/h6-11H,1-5H2/t6?,7?,8-,9+,10?/i6D. The fraction of sp³-hybridized carbons (Fsp3) is 1.00. The summed E-state index contributed by atoms with van der Waals surface area (Å²) in [4.78, 5) is 0. The van der Waals surface area contributed by atoms with Crippen LogP contribution in [0, 0.1) is 23.6 Å². The van der Waals surface area contributed by atoms with Gasteiger partial charge in [-0.15, -0.1) is 0 Å². The molecule has 0 spiro atoms. The Morgan fingerprint density at radius 2 is 1.64 bits per heavy atom. The minimum atomic E-state index is -0.129. The summed E-state index contributed by atoms with van der Waals surface area (Å²) >= 11 is 0. The van der Waals surface area contributed by atoms with Crippen LogP contribution in [-0.4, -0.2) is 11.2 Å². The van der Waals surface area contributed by atoms with Crippen molar-refractivity contribution in [2.24, 2.45) is 23.6 Å². The molecule has 1 nitrogen and oxygen atoms in total. The fourth-order valence-electron chi connectivity index (χ4n) is 3.59. The van der Waals surface area contributed by atoms with Gasteiger partial charge in [-0.25, -0.2) is 0 Å². The van der Waals surface area contributed by atoms with Gasteiger partial charge >= 0.3 is 0 Å². The van der Waals surface area contributed by atoms with E-state index in [4.69, 9.17) is 1.37 Å². The maximum atomic E-state index is 9.86. The molecule has 4 aliphatic carbocycles. The van der Waals surface area contributed by atoms with Gasteiger partial charge in [0, 0.05) is 1.37 Å². The first-order valence-corrected chi connectivity index (χ1v) is 4.84. The first kappa shape index (κ1) is 5.58. The fourth-order valence-corrected chi connectivity index (χ4v) is 3.59. The summed E-state index contributed by atoms with van der Waals surface area (Å²) in [6, 6.07) is 0. The summed E-state index contributed by atoms with van der Waals surface area (Å²) in [6.45, 7) is 0. The number of rotatable bonds is 0. The molecule has 3 unspecified atom stereocenters. The highest BCUT2D eigenvalue weighted by atomic mass is 16.3. The van der Waals surface area contributed by atoms with Gasteiger partial charge in [-0.1, -0.05) is 0 Å². The predicted molar refractivity (Wildman–Crippen MR) is 43.1 cm³/mol. The molecule has 1 heteroatoms. The Bertz CT molecular complexity index is 200. The van der Waals surface area contributed by atoms with Gasteiger partial charge in [0.25, 0.3) is 0 Å². The molecule has 0 aromatic rings. The van der Waals surface area contributed by atoms with E-state index in [9.17, 15) is 5.11 Å². The van der Waals surface area contributed by atoms with Gasteiger partial charge in [0.05, 0.1) is 6.10 Å². The molecular weight excluding hydrogens is 136 g/mol. The monoisotopic (exact) mass is 153 g/mol. The van der Waals surface area contributed by atoms with E-state index < -0.39 is 0 Å². The quantitative estimate of drug-likeness (QED) is 0.562. The summed E-state index contributed by atoms with van der Waals surface area (Å²) in [5.41, 5.74) is 0. The second kappa shape index (κ2) is 2.01. The maximum absolute atomic E-state index is 9.86. The highest BCUT2D eigenvalue weighted by Gasteiger charge is 2.47. The highest BCUT2D eigenvalue weighted by Crippen LogP contribution is 2.53. The van der Waals surface area contributed by atoms with E-state index in [1.54, 1.807) is 0 Å². The van der Waals surface area contributed by atoms with Crippen molar-refractivity contribution in [1.82, 2.24) is 0 Å². The van der Waals surface area contributed by atoms with Crippen molar-refractivity contribution in [3.63, 3.8) is 0 Å². The predicted octanol–water partition coefficient (Wildman–Crippen LogP) is 1.80. The van der Waals surface area contributed by atoms with Gasteiger partial charge in [0.15, 0.2) is 0 Å². The summed E-state index contributed by atoms with van der Waals surface area (Å²) in [6.07, 6.45) is 5.42. The van der Waals surface area contributed by atoms with Crippen LogP contribution in [0.2, 0.25) is 0 Å². The van der Waals surface area contributed by atoms with Gasteiger partial charge in [-0.3, -0.25) is 0 Å². The Balaban J connectivity index is 1.95. The molecule has 4 fully saturated rings. The topological polar surface area (TPSA) is 20.2 Å². The molecule has 0 aliphatic heterocycles. The van der Waals surface area contributed by atoms with E-state index in [0.29, 0.717) is 11.8 Å². The Morgan fingerprint density at radius 3 is 2.18 bits per heavy atom. The summed E-state index contributed by atoms with van der Waals surface area (Å²) in [5, 5.41) is 9.86. The largest absolute Gasteiger partial charge is 0.393 e. The molecule has 0 amide bonds. The van der Waals surface area contributed by atoms with Crippen LogP contribution in [0.4, 0.5) is 0 Å². The zero-order valence-corrected chi connectivity index (χ0v) is 6.79. The van der Waals surface area contributed by atoms with Gasteiger partial charge in [0.1, 0.15) is 0 Å². The maximum Gasteiger partial charge on any atom is 0.0596 e. The molecule has 0 radical (unpaired) electrons. The van der Waals surface area contributed by atoms with Crippen LogP contribution < -0.4 is 0 Å². The van der Waals surface area contributed by atoms with E-state index in [1.807, 2.05) is 0 Å². The molecule has 1 N–H and O–H groups in total. The van der Waals surface area contributed by atoms with Crippen LogP contribution in [-0.2, 0) is 0 Å². The number of aliphatic hydroxyl groups excluding tert-OH is 1. The molecule has 11 heavy (non-hydrogen) atoms. The lowest BCUT2D eigenvalue weighted by Crippen LogP contribution is -2.48. The van der Waals surface area contributed by atoms with Crippen LogP contribution in [0.1, 0.15) is 33.5 Å². The van der Waals surface area contributed by atoms with Crippen LogP contribution in [0.25, 0.3) is 0 Å². The van der Waals surface area contributed by atoms with Crippen molar-refractivity contribution in [3.05, 3.63) is 0 Å². The molecule has 0 aromatic heterocycles. The third-order valence-electron chi connectivity index (χ3n) is 3.92. The van der Waals surface area contributed by atoms with Gasteiger partial charge < -0.3 is 5.11 Å². The summed E-state index contributed by atoms with van der Waals surface area (Å²) < 4.78 is 8.19. The Labute approximate surface area is 69.2 Å².